The van der Waals surface area contributed by atoms with Crippen LogP contribution >= 0.6 is 0 Å². The Hall–Kier alpha value is -2.43. The molecule has 0 saturated carbocycles. The molecule has 21 heavy (non-hydrogen) atoms. The van der Waals surface area contributed by atoms with E-state index in [1.54, 1.807) is 6.07 Å². The molecule has 0 unspecified atom stereocenters. The lowest BCUT2D eigenvalue weighted by atomic mass is 10.1. The number of fused-ring (bicyclic) bond motifs is 1. The Kier molecular flexibility index (Phi) is 3.33. The Morgan fingerprint density at radius 2 is 1.71 bits per heavy atom. The fraction of sp³-hybridized carbons (Fsp3) is 0.125. The first kappa shape index (κ1) is 13.5. The van der Waals surface area contributed by atoms with Crippen molar-refractivity contribution < 1.29 is 22.3 Å². The van der Waals surface area contributed by atoms with E-state index >= 15 is 0 Å². The first-order valence-corrected chi connectivity index (χ1v) is 6.30. The Balaban J connectivity index is 1.91. The molecular weight excluding hydrogens is 281 g/mol. The Labute approximate surface area is 118 Å². The van der Waals surface area contributed by atoms with E-state index in [0.717, 1.165) is 11.8 Å². The van der Waals surface area contributed by atoms with Gasteiger partial charge in [0.1, 0.15) is 18.4 Å². The van der Waals surface area contributed by atoms with Crippen molar-refractivity contribution in [1.29, 1.82) is 0 Å². The predicted molar refractivity (Wildman–Crippen MR) is 72.0 cm³/mol. The number of benzene rings is 2. The second-order valence-electron chi connectivity index (χ2n) is 4.55. The number of alkyl halides is 3. The fourth-order valence-corrected chi connectivity index (χ4v) is 2.10. The van der Waals surface area contributed by atoms with Gasteiger partial charge in [0.25, 0.3) is 0 Å². The summed E-state index contributed by atoms with van der Waals surface area (Å²) in [4.78, 5) is 0. The quantitative estimate of drug-likeness (QED) is 0.675. The van der Waals surface area contributed by atoms with E-state index in [9.17, 15) is 13.2 Å². The summed E-state index contributed by atoms with van der Waals surface area (Å²) in [5, 5.41) is 0.00746. The van der Waals surface area contributed by atoms with Crippen LogP contribution in [-0.4, -0.2) is 0 Å². The molecule has 0 aliphatic carbocycles. The molecule has 5 heteroatoms. The van der Waals surface area contributed by atoms with Crippen molar-refractivity contribution in [1.82, 2.24) is 0 Å². The minimum Gasteiger partial charge on any atom is -0.485 e. The molecule has 0 amide bonds. The molecule has 0 atom stereocenters. The molecule has 0 saturated heterocycles. The SMILES string of the molecule is FC(F)(F)c1coc2c(OCc3ccccc3)cccc12. The maximum atomic E-state index is 12.8. The van der Waals surface area contributed by atoms with Crippen LogP contribution in [0.15, 0.2) is 59.2 Å². The summed E-state index contributed by atoms with van der Waals surface area (Å²) in [5.74, 6) is 0.298. The van der Waals surface area contributed by atoms with Crippen molar-refractivity contribution in [3.05, 3.63) is 65.9 Å². The molecule has 2 aromatic carbocycles. The zero-order valence-electron chi connectivity index (χ0n) is 10.9. The van der Waals surface area contributed by atoms with E-state index in [2.05, 4.69) is 0 Å². The second-order valence-corrected chi connectivity index (χ2v) is 4.55. The van der Waals surface area contributed by atoms with E-state index in [-0.39, 0.29) is 17.6 Å². The number of hydrogen-bond acceptors (Lipinski definition) is 2. The first-order chi connectivity index (χ1) is 10.1. The number of ether oxygens (including phenoxy) is 1. The molecule has 0 radical (unpaired) electrons. The highest BCUT2D eigenvalue weighted by Gasteiger charge is 2.35. The summed E-state index contributed by atoms with van der Waals surface area (Å²) >= 11 is 0. The van der Waals surface area contributed by atoms with E-state index in [0.29, 0.717) is 5.75 Å². The van der Waals surface area contributed by atoms with Gasteiger partial charge in [0.15, 0.2) is 11.3 Å². The van der Waals surface area contributed by atoms with Crippen LogP contribution in [0.2, 0.25) is 0 Å². The molecule has 0 bridgehead atoms. The second kappa shape index (κ2) is 5.16. The van der Waals surface area contributed by atoms with Crippen LogP contribution < -0.4 is 4.74 Å². The number of furan rings is 1. The van der Waals surface area contributed by atoms with Crippen LogP contribution in [0.5, 0.6) is 5.75 Å². The van der Waals surface area contributed by atoms with Crippen LogP contribution in [-0.2, 0) is 12.8 Å². The van der Waals surface area contributed by atoms with Gasteiger partial charge in [-0.25, -0.2) is 0 Å². The average molecular weight is 292 g/mol. The lowest BCUT2D eigenvalue weighted by Gasteiger charge is -2.07. The molecule has 0 aliphatic rings. The van der Waals surface area contributed by atoms with Gasteiger partial charge in [-0.1, -0.05) is 42.5 Å². The lowest BCUT2D eigenvalue weighted by Crippen LogP contribution is -2.03. The average Bonchev–Trinajstić information content (AvgIpc) is 2.90. The largest absolute Gasteiger partial charge is 0.485 e. The molecule has 0 aliphatic heterocycles. The third kappa shape index (κ3) is 2.72. The zero-order chi connectivity index (χ0) is 14.9. The summed E-state index contributed by atoms with van der Waals surface area (Å²) in [6.07, 6.45) is -3.72. The van der Waals surface area contributed by atoms with Crippen molar-refractivity contribution in [2.45, 2.75) is 12.8 Å². The molecule has 0 fully saturated rings. The van der Waals surface area contributed by atoms with Gasteiger partial charge in [-0.05, 0) is 11.6 Å². The molecule has 2 nitrogen and oxygen atoms in total. The minimum absolute atomic E-state index is 0.00746. The van der Waals surface area contributed by atoms with Crippen LogP contribution in [0.4, 0.5) is 13.2 Å². The van der Waals surface area contributed by atoms with E-state index in [1.165, 1.54) is 12.1 Å². The van der Waals surface area contributed by atoms with Crippen LogP contribution in [0.1, 0.15) is 11.1 Å². The number of rotatable bonds is 3. The highest BCUT2D eigenvalue weighted by Crippen LogP contribution is 2.39. The molecule has 108 valence electrons. The first-order valence-electron chi connectivity index (χ1n) is 6.30. The summed E-state index contributed by atoms with van der Waals surface area (Å²) in [6.45, 7) is 0.266. The summed E-state index contributed by atoms with van der Waals surface area (Å²) in [6, 6.07) is 13.9. The summed E-state index contributed by atoms with van der Waals surface area (Å²) in [5.41, 5.74) is 0.250. The van der Waals surface area contributed by atoms with Gasteiger partial charge in [-0.2, -0.15) is 13.2 Å². The van der Waals surface area contributed by atoms with Crippen LogP contribution in [0.3, 0.4) is 0 Å². The van der Waals surface area contributed by atoms with Gasteiger partial charge in [0.2, 0.25) is 0 Å². The van der Waals surface area contributed by atoms with E-state index in [4.69, 9.17) is 9.15 Å². The predicted octanol–water partition coefficient (Wildman–Crippen LogP) is 5.03. The van der Waals surface area contributed by atoms with Gasteiger partial charge >= 0.3 is 6.18 Å². The smallest absolute Gasteiger partial charge is 0.420 e. The molecule has 3 rings (SSSR count). The van der Waals surface area contributed by atoms with Gasteiger partial charge in [0, 0.05) is 5.39 Å². The number of hydrogen-bond donors (Lipinski definition) is 0. The minimum atomic E-state index is -4.44. The molecular formula is C16H11F3O2. The summed E-state index contributed by atoms with van der Waals surface area (Å²) < 4.78 is 49.1. The molecule has 3 aromatic rings. The zero-order valence-corrected chi connectivity index (χ0v) is 10.9. The van der Waals surface area contributed by atoms with E-state index < -0.39 is 11.7 Å². The van der Waals surface area contributed by atoms with Crippen molar-refractivity contribution >= 4 is 11.0 Å². The van der Waals surface area contributed by atoms with Crippen molar-refractivity contribution in [3.8, 4) is 5.75 Å². The van der Waals surface area contributed by atoms with Gasteiger partial charge in [-0.3, -0.25) is 0 Å². The molecule has 1 heterocycles. The maximum absolute atomic E-state index is 12.8. The maximum Gasteiger partial charge on any atom is 0.420 e. The third-order valence-electron chi connectivity index (χ3n) is 3.11. The highest BCUT2D eigenvalue weighted by atomic mass is 19.4. The van der Waals surface area contributed by atoms with E-state index in [1.807, 2.05) is 30.3 Å². The number of halogens is 3. The Morgan fingerprint density at radius 1 is 0.952 bits per heavy atom. The fourth-order valence-electron chi connectivity index (χ4n) is 2.10. The molecule has 1 aromatic heterocycles. The van der Waals surface area contributed by atoms with Gasteiger partial charge < -0.3 is 9.15 Å². The third-order valence-corrected chi connectivity index (χ3v) is 3.11. The van der Waals surface area contributed by atoms with Gasteiger partial charge in [-0.15, -0.1) is 0 Å². The highest BCUT2D eigenvalue weighted by molar-refractivity contribution is 5.86. The van der Waals surface area contributed by atoms with Crippen molar-refractivity contribution in [2.75, 3.05) is 0 Å². The standard InChI is InChI=1S/C16H11F3O2/c17-16(18,19)13-10-21-15-12(13)7-4-8-14(15)20-9-11-5-2-1-3-6-11/h1-8,10H,9H2. The molecule has 0 spiro atoms. The monoisotopic (exact) mass is 292 g/mol. The molecule has 0 N–H and O–H groups in total. The van der Waals surface area contributed by atoms with Crippen LogP contribution in [0, 0.1) is 0 Å². The number of para-hydroxylation sites is 1. The van der Waals surface area contributed by atoms with Crippen molar-refractivity contribution in [3.63, 3.8) is 0 Å². The van der Waals surface area contributed by atoms with Crippen LogP contribution in [0.25, 0.3) is 11.0 Å². The van der Waals surface area contributed by atoms with Crippen molar-refractivity contribution in [2.24, 2.45) is 0 Å². The lowest BCUT2D eigenvalue weighted by molar-refractivity contribution is -0.136. The Bertz CT molecular complexity index is 745. The Morgan fingerprint density at radius 3 is 2.43 bits per heavy atom. The summed E-state index contributed by atoms with van der Waals surface area (Å²) in [7, 11) is 0. The normalized spacial score (nSPS) is 11.8. The van der Waals surface area contributed by atoms with Gasteiger partial charge in [0.05, 0.1) is 0 Å². The topological polar surface area (TPSA) is 22.4 Å².